The highest BCUT2D eigenvalue weighted by Crippen LogP contribution is 2.39. The maximum atomic E-state index is 12.6. The molecule has 0 unspecified atom stereocenters. The summed E-state index contributed by atoms with van der Waals surface area (Å²) >= 11 is 5.80. The molecule has 106 valence electrons. The first-order valence-corrected chi connectivity index (χ1v) is 6.39. The molecule has 0 spiro atoms. The third-order valence-electron chi connectivity index (χ3n) is 2.34. The van der Waals surface area contributed by atoms with Gasteiger partial charge in [0.05, 0.1) is 13.9 Å². The summed E-state index contributed by atoms with van der Waals surface area (Å²) in [6, 6.07) is 1.33. The number of nitro benzene ring substituents is 1. The van der Waals surface area contributed by atoms with E-state index in [0.29, 0.717) is 0 Å². The van der Waals surface area contributed by atoms with Crippen molar-refractivity contribution in [1.82, 2.24) is 0 Å². The summed E-state index contributed by atoms with van der Waals surface area (Å²) in [6.07, 6.45) is -4.87. The molecule has 20 heavy (non-hydrogen) atoms. The summed E-state index contributed by atoms with van der Waals surface area (Å²) in [6.45, 7) is 0. The second kappa shape index (κ2) is 4.85. The molecule has 0 aliphatic heterocycles. The summed E-state index contributed by atoms with van der Waals surface area (Å²) in [4.78, 5) is 21.8. The molecule has 0 aliphatic rings. The van der Waals surface area contributed by atoms with Crippen molar-refractivity contribution in [3.8, 4) is 0 Å². The molecule has 10 heteroatoms. The van der Waals surface area contributed by atoms with Crippen molar-refractivity contribution in [1.29, 1.82) is 0 Å². The Kier molecular flexibility index (Phi) is 3.63. The number of nitro groups is 1. The van der Waals surface area contributed by atoms with E-state index in [0.717, 1.165) is 6.07 Å². The van der Waals surface area contributed by atoms with Crippen molar-refractivity contribution in [3.05, 3.63) is 47.2 Å². The molecule has 1 aromatic carbocycles. The Balaban J connectivity index is 3.01. The Labute approximate surface area is 124 Å². The van der Waals surface area contributed by atoms with E-state index in [2.05, 4.69) is 36.3 Å². The van der Waals surface area contributed by atoms with E-state index >= 15 is 0 Å². The Bertz CT molecular complexity index is 785. The van der Waals surface area contributed by atoms with Gasteiger partial charge in [0.1, 0.15) is 5.39 Å². The number of alkyl halides is 3. The van der Waals surface area contributed by atoms with Crippen molar-refractivity contribution in [2.45, 2.75) is 6.18 Å². The number of benzene rings is 1. The molecule has 0 fully saturated rings. The minimum Gasteiger partial charge on any atom is -0.450 e. The van der Waals surface area contributed by atoms with Gasteiger partial charge in [0, 0.05) is 6.07 Å². The lowest BCUT2D eigenvalue weighted by molar-refractivity contribution is -0.383. The Morgan fingerprint density at radius 2 is 1.80 bits per heavy atom. The van der Waals surface area contributed by atoms with Gasteiger partial charge in [-0.1, -0.05) is 0 Å². The van der Waals surface area contributed by atoms with Crippen molar-refractivity contribution < 1.29 is 22.5 Å². The number of fused-ring (bicyclic) bond motifs is 1. The zero-order chi connectivity index (χ0) is 15.2. The topological polar surface area (TPSA) is 73.3 Å². The van der Waals surface area contributed by atoms with Crippen molar-refractivity contribution in [3.63, 3.8) is 0 Å². The van der Waals surface area contributed by atoms with Crippen LogP contribution in [0.25, 0.3) is 11.0 Å². The zero-order valence-electron chi connectivity index (χ0n) is 9.12. The number of rotatable bonds is 1. The standard InChI is InChI=1S/C10H2Br2F3NO4/c11-3-1-4(12)9-7(8(3)16(18)19)5(17)2-6(20-9)10(13,14)15/h1-2H. The number of hydrogen-bond donors (Lipinski definition) is 0. The van der Waals surface area contributed by atoms with Crippen molar-refractivity contribution in [2.75, 3.05) is 0 Å². The van der Waals surface area contributed by atoms with Crippen LogP contribution in [0.2, 0.25) is 0 Å². The molecule has 1 aromatic heterocycles. The van der Waals surface area contributed by atoms with Crippen molar-refractivity contribution >= 4 is 48.5 Å². The highest BCUT2D eigenvalue weighted by Gasteiger charge is 2.36. The van der Waals surface area contributed by atoms with Crippen LogP contribution in [0.15, 0.2) is 30.3 Å². The Morgan fingerprint density at radius 1 is 1.20 bits per heavy atom. The normalized spacial score (nSPS) is 11.8. The molecule has 0 atom stereocenters. The molecule has 5 nitrogen and oxygen atoms in total. The van der Waals surface area contributed by atoms with Gasteiger partial charge in [-0.05, 0) is 37.9 Å². The molecule has 1 heterocycles. The maximum Gasteiger partial charge on any atom is 0.449 e. The summed E-state index contributed by atoms with van der Waals surface area (Å²) in [7, 11) is 0. The average molecular weight is 417 g/mol. The average Bonchev–Trinajstić information content (AvgIpc) is 2.28. The summed E-state index contributed by atoms with van der Waals surface area (Å²) in [5.41, 5.74) is -2.32. The summed E-state index contributed by atoms with van der Waals surface area (Å²) in [5, 5.41) is 10.4. The van der Waals surface area contributed by atoms with Crippen LogP contribution in [0.1, 0.15) is 5.76 Å². The van der Waals surface area contributed by atoms with Crippen LogP contribution < -0.4 is 5.43 Å². The van der Waals surface area contributed by atoms with E-state index in [9.17, 15) is 28.1 Å². The lowest BCUT2D eigenvalue weighted by atomic mass is 10.2. The first kappa shape index (κ1) is 15.0. The maximum absolute atomic E-state index is 12.6. The fourth-order valence-electron chi connectivity index (χ4n) is 1.57. The van der Waals surface area contributed by atoms with Crippen LogP contribution in [-0.2, 0) is 6.18 Å². The van der Waals surface area contributed by atoms with E-state index < -0.39 is 38.9 Å². The summed E-state index contributed by atoms with van der Waals surface area (Å²) in [5.74, 6) is -1.52. The zero-order valence-corrected chi connectivity index (χ0v) is 12.3. The second-order valence-corrected chi connectivity index (χ2v) is 5.33. The van der Waals surface area contributed by atoms with Gasteiger partial charge in [0.25, 0.3) is 5.69 Å². The third-order valence-corrected chi connectivity index (χ3v) is 3.54. The molecular formula is C10H2Br2F3NO4. The Hall–Kier alpha value is -1.42. The van der Waals surface area contributed by atoms with Gasteiger partial charge in [-0.25, -0.2) is 0 Å². The van der Waals surface area contributed by atoms with E-state index in [1.165, 1.54) is 0 Å². The molecule has 0 N–H and O–H groups in total. The van der Waals surface area contributed by atoms with Gasteiger partial charge in [0.2, 0.25) is 5.76 Å². The molecule has 0 saturated heterocycles. The molecule has 0 bridgehead atoms. The second-order valence-electron chi connectivity index (χ2n) is 3.62. The number of nitrogens with zero attached hydrogens (tertiary/aromatic N) is 1. The number of hydrogen-bond acceptors (Lipinski definition) is 4. The van der Waals surface area contributed by atoms with Gasteiger partial charge < -0.3 is 4.42 Å². The van der Waals surface area contributed by atoms with Crippen LogP contribution in [0, 0.1) is 10.1 Å². The van der Waals surface area contributed by atoms with E-state index in [-0.39, 0.29) is 15.0 Å². The highest BCUT2D eigenvalue weighted by molar-refractivity contribution is 9.11. The van der Waals surface area contributed by atoms with Crippen molar-refractivity contribution in [2.24, 2.45) is 0 Å². The fourth-order valence-corrected chi connectivity index (χ4v) is 2.96. The lowest BCUT2D eigenvalue weighted by Gasteiger charge is -2.08. The molecule has 0 amide bonds. The highest BCUT2D eigenvalue weighted by atomic mass is 79.9. The van der Waals surface area contributed by atoms with Crippen LogP contribution in [-0.4, -0.2) is 4.92 Å². The van der Waals surface area contributed by atoms with Crippen LogP contribution in [0.3, 0.4) is 0 Å². The van der Waals surface area contributed by atoms with Gasteiger partial charge in [-0.2, -0.15) is 13.2 Å². The molecular weight excluding hydrogens is 415 g/mol. The first-order valence-electron chi connectivity index (χ1n) is 4.80. The van der Waals surface area contributed by atoms with Gasteiger partial charge in [-0.3, -0.25) is 14.9 Å². The van der Waals surface area contributed by atoms with E-state index in [4.69, 9.17) is 0 Å². The fraction of sp³-hybridized carbons (Fsp3) is 0.100. The minimum absolute atomic E-state index is 0.00632. The van der Waals surface area contributed by atoms with E-state index in [1.54, 1.807) is 0 Å². The molecule has 2 aromatic rings. The minimum atomic E-state index is -4.87. The van der Waals surface area contributed by atoms with Crippen LogP contribution in [0.4, 0.5) is 18.9 Å². The predicted octanol–water partition coefficient (Wildman–Crippen LogP) is 4.25. The van der Waals surface area contributed by atoms with Gasteiger partial charge in [0.15, 0.2) is 11.0 Å². The predicted molar refractivity (Wildman–Crippen MR) is 69.5 cm³/mol. The van der Waals surface area contributed by atoms with Gasteiger partial charge in [-0.15, -0.1) is 0 Å². The van der Waals surface area contributed by atoms with Crippen LogP contribution >= 0.6 is 31.9 Å². The summed E-state index contributed by atoms with van der Waals surface area (Å²) < 4.78 is 42.3. The Morgan fingerprint density at radius 3 is 2.30 bits per heavy atom. The largest absolute Gasteiger partial charge is 0.450 e. The van der Waals surface area contributed by atoms with E-state index in [1.807, 2.05) is 0 Å². The first-order chi connectivity index (χ1) is 9.12. The quantitative estimate of drug-likeness (QED) is 0.514. The molecule has 0 radical (unpaired) electrons. The SMILES string of the molecule is O=c1cc(C(F)(F)F)oc2c(Br)cc(Br)c([N+](=O)[O-])c12. The van der Waals surface area contributed by atoms with Crippen LogP contribution in [0.5, 0.6) is 0 Å². The smallest absolute Gasteiger partial charge is 0.449 e. The lowest BCUT2D eigenvalue weighted by Crippen LogP contribution is -2.12. The third kappa shape index (κ3) is 2.44. The van der Waals surface area contributed by atoms with Gasteiger partial charge >= 0.3 is 6.18 Å². The monoisotopic (exact) mass is 415 g/mol. The molecule has 0 saturated carbocycles. The molecule has 0 aliphatic carbocycles. The molecule has 2 rings (SSSR count). The number of halogens is 5.